The predicted molar refractivity (Wildman–Crippen MR) is 112 cm³/mol. The van der Waals surface area contributed by atoms with Crippen molar-refractivity contribution in [1.29, 1.82) is 0 Å². The molecule has 3 aromatic rings. The van der Waals surface area contributed by atoms with E-state index in [9.17, 15) is 4.79 Å². The van der Waals surface area contributed by atoms with Crippen LogP contribution in [0.15, 0.2) is 42.5 Å². The summed E-state index contributed by atoms with van der Waals surface area (Å²) in [6.45, 7) is 0. The van der Waals surface area contributed by atoms with Gasteiger partial charge in [-0.15, -0.1) is 12.4 Å². The summed E-state index contributed by atoms with van der Waals surface area (Å²) in [4.78, 5) is 12.8. The molecule has 140 valence electrons. The third kappa shape index (κ3) is 3.63. The van der Waals surface area contributed by atoms with Crippen LogP contribution in [0.4, 0.5) is 11.4 Å². The zero-order valence-corrected chi connectivity index (χ0v) is 16.5. The van der Waals surface area contributed by atoms with Gasteiger partial charge in [-0.2, -0.15) is 5.10 Å². The molecule has 0 atom stereocenters. The van der Waals surface area contributed by atoms with Gasteiger partial charge in [0.25, 0.3) is 5.91 Å². The zero-order valence-electron chi connectivity index (χ0n) is 14.2. The highest BCUT2D eigenvalue weighted by molar-refractivity contribution is 6.35. The van der Waals surface area contributed by atoms with E-state index in [1.807, 2.05) is 18.2 Å². The number of carbonyl (C=O) groups is 1. The summed E-state index contributed by atoms with van der Waals surface area (Å²) >= 11 is 12.3. The molecule has 1 aliphatic carbocycles. The van der Waals surface area contributed by atoms with Crippen molar-refractivity contribution in [3.05, 3.63) is 69.5 Å². The van der Waals surface area contributed by atoms with E-state index in [2.05, 4.69) is 10.4 Å². The van der Waals surface area contributed by atoms with E-state index < -0.39 is 0 Å². The number of halogens is 3. The smallest absolute Gasteiger partial charge is 0.276 e. The number of anilines is 2. The van der Waals surface area contributed by atoms with Crippen LogP contribution < -0.4 is 11.1 Å². The van der Waals surface area contributed by atoms with E-state index in [0.29, 0.717) is 32.8 Å². The summed E-state index contributed by atoms with van der Waals surface area (Å²) in [5.41, 5.74) is 10.1. The first kappa shape index (κ1) is 19.5. The second-order valence-electron chi connectivity index (χ2n) is 6.18. The molecule has 2 aromatic carbocycles. The second-order valence-corrected chi connectivity index (χ2v) is 7.02. The number of amides is 1. The first-order valence-electron chi connectivity index (χ1n) is 8.26. The lowest BCUT2D eigenvalue weighted by molar-refractivity contribution is 0.102. The van der Waals surface area contributed by atoms with E-state index in [1.54, 1.807) is 28.9 Å². The van der Waals surface area contributed by atoms with Crippen LogP contribution in [0.2, 0.25) is 10.0 Å². The van der Waals surface area contributed by atoms with Crippen LogP contribution in [0.3, 0.4) is 0 Å². The standard InChI is InChI=1S/C19H16Cl2N4O.ClH/c20-11-8-9-17(13(21)10-11)25-16-7-3-4-12(16)18(24-25)19(26)23-15-6-2-1-5-14(15)22;/h1-2,5-6,8-10H,3-4,7,22H2,(H,23,26);1H. The fraction of sp³-hybridized carbons (Fsp3) is 0.158. The van der Waals surface area contributed by atoms with E-state index in [4.69, 9.17) is 28.9 Å². The molecule has 0 saturated carbocycles. The lowest BCUT2D eigenvalue weighted by atomic mass is 10.2. The van der Waals surface area contributed by atoms with E-state index in [1.165, 1.54) is 0 Å². The summed E-state index contributed by atoms with van der Waals surface area (Å²) < 4.78 is 1.75. The van der Waals surface area contributed by atoms with Crippen LogP contribution in [0.1, 0.15) is 28.2 Å². The molecule has 0 saturated heterocycles. The first-order valence-corrected chi connectivity index (χ1v) is 9.02. The van der Waals surface area contributed by atoms with Gasteiger partial charge in [0.05, 0.1) is 22.1 Å². The molecule has 0 fully saturated rings. The molecule has 1 heterocycles. The fourth-order valence-corrected chi connectivity index (χ4v) is 3.75. The molecule has 0 radical (unpaired) electrons. The quantitative estimate of drug-likeness (QED) is 0.587. The normalized spacial score (nSPS) is 12.4. The first-order chi connectivity index (χ1) is 12.5. The van der Waals surface area contributed by atoms with Gasteiger partial charge in [0, 0.05) is 16.3 Å². The Morgan fingerprint density at radius 2 is 1.93 bits per heavy atom. The van der Waals surface area contributed by atoms with Gasteiger partial charge in [-0.1, -0.05) is 35.3 Å². The highest BCUT2D eigenvalue weighted by atomic mass is 35.5. The Kier molecular flexibility index (Phi) is 5.65. The van der Waals surface area contributed by atoms with Crippen molar-refractivity contribution in [2.24, 2.45) is 0 Å². The minimum absolute atomic E-state index is 0. The molecule has 0 aliphatic heterocycles. The number of hydrogen-bond donors (Lipinski definition) is 2. The SMILES string of the molecule is Cl.Nc1ccccc1NC(=O)c1nn(-c2ccc(Cl)cc2Cl)c2c1CCC2. The van der Waals surface area contributed by atoms with Crippen molar-refractivity contribution in [1.82, 2.24) is 9.78 Å². The van der Waals surface area contributed by atoms with Crippen molar-refractivity contribution in [3.8, 4) is 5.69 Å². The average molecular weight is 424 g/mol. The monoisotopic (exact) mass is 422 g/mol. The Hall–Kier alpha value is -2.21. The van der Waals surface area contributed by atoms with Crippen molar-refractivity contribution < 1.29 is 4.79 Å². The molecule has 1 aliphatic rings. The van der Waals surface area contributed by atoms with Gasteiger partial charge in [0.2, 0.25) is 0 Å². The highest BCUT2D eigenvalue weighted by Gasteiger charge is 2.27. The van der Waals surface area contributed by atoms with E-state index >= 15 is 0 Å². The fourth-order valence-electron chi connectivity index (χ4n) is 3.26. The summed E-state index contributed by atoms with van der Waals surface area (Å²) in [6, 6.07) is 12.4. The number of rotatable bonds is 3. The van der Waals surface area contributed by atoms with Crippen LogP contribution in [0.25, 0.3) is 5.69 Å². The van der Waals surface area contributed by atoms with Crippen LogP contribution in [-0.4, -0.2) is 15.7 Å². The zero-order chi connectivity index (χ0) is 18.3. The average Bonchev–Trinajstić information content (AvgIpc) is 3.20. The molecule has 3 N–H and O–H groups in total. The Morgan fingerprint density at radius 3 is 2.67 bits per heavy atom. The molecule has 0 unspecified atom stereocenters. The molecule has 5 nitrogen and oxygen atoms in total. The third-order valence-corrected chi connectivity index (χ3v) is 5.03. The Bertz CT molecular complexity index is 1020. The summed E-state index contributed by atoms with van der Waals surface area (Å²) in [5, 5.41) is 8.46. The maximum atomic E-state index is 12.8. The molecular formula is C19H17Cl3N4O. The summed E-state index contributed by atoms with van der Waals surface area (Å²) in [6.07, 6.45) is 2.64. The van der Waals surface area contributed by atoms with Gasteiger partial charge in [-0.3, -0.25) is 4.79 Å². The number of para-hydroxylation sites is 2. The molecule has 0 spiro atoms. The summed E-state index contributed by atoms with van der Waals surface area (Å²) in [7, 11) is 0. The van der Waals surface area contributed by atoms with Gasteiger partial charge in [-0.05, 0) is 49.6 Å². The maximum Gasteiger partial charge on any atom is 0.276 e. The number of nitrogen functional groups attached to an aromatic ring is 1. The van der Waals surface area contributed by atoms with Gasteiger partial charge >= 0.3 is 0 Å². The number of fused-ring (bicyclic) bond motifs is 1. The number of carbonyl (C=O) groups excluding carboxylic acids is 1. The number of nitrogens with two attached hydrogens (primary N) is 1. The van der Waals surface area contributed by atoms with Gasteiger partial charge < -0.3 is 11.1 Å². The Balaban J connectivity index is 0.00000210. The van der Waals surface area contributed by atoms with E-state index in [-0.39, 0.29) is 18.3 Å². The molecule has 1 amide bonds. The van der Waals surface area contributed by atoms with E-state index in [0.717, 1.165) is 30.5 Å². The van der Waals surface area contributed by atoms with Crippen molar-refractivity contribution in [2.75, 3.05) is 11.1 Å². The lowest BCUT2D eigenvalue weighted by Crippen LogP contribution is -2.16. The molecule has 4 rings (SSSR count). The van der Waals surface area contributed by atoms with Crippen molar-refractivity contribution >= 4 is 52.9 Å². The maximum absolute atomic E-state index is 12.8. The molecule has 0 bridgehead atoms. The van der Waals surface area contributed by atoms with Crippen molar-refractivity contribution in [3.63, 3.8) is 0 Å². The predicted octanol–water partition coefficient (Wildman–Crippen LogP) is 4.92. The van der Waals surface area contributed by atoms with Gasteiger partial charge in [-0.25, -0.2) is 4.68 Å². The summed E-state index contributed by atoms with van der Waals surface area (Å²) in [5.74, 6) is -0.273. The highest BCUT2D eigenvalue weighted by Crippen LogP contribution is 2.32. The number of benzene rings is 2. The van der Waals surface area contributed by atoms with Crippen LogP contribution >= 0.6 is 35.6 Å². The van der Waals surface area contributed by atoms with Gasteiger partial charge in [0.15, 0.2) is 5.69 Å². The number of nitrogens with one attached hydrogen (secondary N) is 1. The minimum atomic E-state index is -0.273. The number of aromatic nitrogens is 2. The number of hydrogen-bond acceptors (Lipinski definition) is 3. The molecule has 8 heteroatoms. The number of nitrogens with zero attached hydrogens (tertiary/aromatic N) is 2. The minimum Gasteiger partial charge on any atom is -0.397 e. The third-order valence-electron chi connectivity index (χ3n) is 4.49. The molecular weight excluding hydrogens is 407 g/mol. The second kappa shape index (κ2) is 7.80. The van der Waals surface area contributed by atoms with Crippen LogP contribution in [0, 0.1) is 0 Å². The molecule has 1 aromatic heterocycles. The largest absolute Gasteiger partial charge is 0.397 e. The van der Waals surface area contributed by atoms with Crippen molar-refractivity contribution in [2.45, 2.75) is 19.3 Å². The van der Waals surface area contributed by atoms with Gasteiger partial charge in [0.1, 0.15) is 0 Å². The molecule has 27 heavy (non-hydrogen) atoms. The van der Waals surface area contributed by atoms with Crippen LogP contribution in [0.5, 0.6) is 0 Å². The lowest BCUT2D eigenvalue weighted by Gasteiger charge is -2.08. The Labute approximate surface area is 172 Å². The Morgan fingerprint density at radius 1 is 1.15 bits per heavy atom. The topological polar surface area (TPSA) is 72.9 Å². The van der Waals surface area contributed by atoms with Crippen LogP contribution in [-0.2, 0) is 12.8 Å².